The smallest absolute Gasteiger partial charge is 0.106 e. The van der Waals surface area contributed by atoms with Gasteiger partial charge in [-0.25, -0.2) is 0 Å². The predicted molar refractivity (Wildman–Crippen MR) is 60.2 cm³/mol. The molecule has 1 aliphatic rings. The molecule has 0 N–H and O–H groups in total. The van der Waals surface area contributed by atoms with Crippen LogP contribution in [-0.2, 0) is 6.42 Å². The molecule has 1 aliphatic heterocycles. The molecule has 0 aliphatic carbocycles. The number of hydrogen-bond donors (Lipinski definition) is 0. The Labute approximate surface area is 89.1 Å². The summed E-state index contributed by atoms with van der Waals surface area (Å²) >= 11 is 1.82. The van der Waals surface area contributed by atoms with Gasteiger partial charge in [-0.1, -0.05) is 30.3 Å². The highest BCUT2D eigenvalue weighted by molar-refractivity contribution is 8.01. The predicted octanol–water partition coefficient (Wildman–Crippen LogP) is 3.02. The van der Waals surface area contributed by atoms with Crippen LogP contribution in [0.15, 0.2) is 30.3 Å². The van der Waals surface area contributed by atoms with Crippen LogP contribution in [-0.4, -0.2) is 10.5 Å². The summed E-state index contributed by atoms with van der Waals surface area (Å²) in [5.74, 6) is 1.14. The molecule has 0 amide bonds. The van der Waals surface area contributed by atoms with Gasteiger partial charge in [0.05, 0.1) is 6.07 Å². The summed E-state index contributed by atoms with van der Waals surface area (Å²) in [4.78, 5) is 0. The first kappa shape index (κ1) is 9.61. The highest BCUT2D eigenvalue weighted by Gasteiger charge is 2.34. The Hall–Kier alpha value is -0.940. The molecule has 0 spiro atoms. The van der Waals surface area contributed by atoms with Gasteiger partial charge in [-0.3, -0.25) is 0 Å². The molecule has 72 valence electrons. The number of nitrogens with zero attached hydrogens (tertiary/aromatic N) is 1. The minimum Gasteiger partial charge on any atom is -0.197 e. The Bertz CT molecular complexity index is 333. The van der Waals surface area contributed by atoms with Crippen LogP contribution in [0.5, 0.6) is 0 Å². The van der Waals surface area contributed by atoms with Gasteiger partial charge in [0.25, 0.3) is 0 Å². The van der Waals surface area contributed by atoms with Gasteiger partial charge >= 0.3 is 0 Å². The summed E-state index contributed by atoms with van der Waals surface area (Å²) < 4.78 is -0.138. The lowest BCUT2D eigenvalue weighted by atomic mass is 9.96. The summed E-state index contributed by atoms with van der Waals surface area (Å²) in [5, 5.41) is 9.21. The lowest BCUT2D eigenvalue weighted by Gasteiger charge is -2.18. The van der Waals surface area contributed by atoms with E-state index in [1.54, 1.807) is 0 Å². The van der Waals surface area contributed by atoms with E-state index in [2.05, 4.69) is 18.2 Å². The third-order valence-electron chi connectivity index (χ3n) is 2.64. The fraction of sp³-hybridized carbons (Fsp3) is 0.417. The zero-order chi connectivity index (χ0) is 9.86. The summed E-state index contributed by atoms with van der Waals surface area (Å²) in [7, 11) is 0. The molecule has 1 unspecified atom stereocenters. The van der Waals surface area contributed by atoms with Gasteiger partial charge in [0, 0.05) is 6.42 Å². The molecule has 1 nitrogen and oxygen atoms in total. The SMILES string of the molecule is N#CC1(Cc2ccccc2)CCCS1. The van der Waals surface area contributed by atoms with Crippen molar-refractivity contribution in [1.29, 1.82) is 5.26 Å². The molecule has 1 aromatic carbocycles. The van der Waals surface area contributed by atoms with Crippen molar-refractivity contribution in [1.82, 2.24) is 0 Å². The Morgan fingerprint density at radius 2 is 2.14 bits per heavy atom. The zero-order valence-electron chi connectivity index (χ0n) is 8.07. The van der Waals surface area contributed by atoms with Crippen molar-refractivity contribution in [3.8, 4) is 6.07 Å². The standard InChI is InChI=1S/C12H13NS/c13-10-12(7-4-8-14-12)9-11-5-2-1-3-6-11/h1-3,5-6H,4,7-9H2. The lowest BCUT2D eigenvalue weighted by Crippen LogP contribution is -2.21. The molecule has 1 aromatic rings. The minimum absolute atomic E-state index is 0.138. The molecule has 0 bridgehead atoms. The average Bonchev–Trinajstić information content (AvgIpc) is 2.69. The topological polar surface area (TPSA) is 23.8 Å². The van der Waals surface area contributed by atoms with Gasteiger partial charge in [-0.15, -0.1) is 11.8 Å². The summed E-state index contributed by atoms with van der Waals surface area (Å²) in [6, 6.07) is 12.8. The lowest BCUT2D eigenvalue weighted by molar-refractivity contribution is 0.672. The number of thioether (sulfide) groups is 1. The van der Waals surface area contributed by atoms with Gasteiger partial charge in [0.2, 0.25) is 0 Å². The second-order valence-electron chi connectivity index (χ2n) is 3.72. The van der Waals surface area contributed by atoms with Crippen molar-refractivity contribution < 1.29 is 0 Å². The molecule has 1 saturated heterocycles. The van der Waals surface area contributed by atoms with Crippen LogP contribution in [0.3, 0.4) is 0 Å². The number of hydrogen-bond acceptors (Lipinski definition) is 2. The van der Waals surface area contributed by atoms with E-state index in [1.807, 2.05) is 30.0 Å². The summed E-state index contributed by atoms with van der Waals surface area (Å²) in [5.41, 5.74) is 1.28. The molecule has 1 atom stereocenters. The fourth-order valence-corrected chi connectivity index (χ4v) is 3.19. The molecule has 0 saturated carbocycles. The van der Waals surface area contributed by atoms with E-state index in [9.17, 15) is 5.26 Å². The maximum absolute atomic E-state index is 9.21. The molecule has 14 heavy (non-hydrogen) atoms. The normalized spacial score (nSPS) is 25.9. The number of nitriles is 1. The van der Waals surface area contributed by atoms with Gasteiger partial charge < -0.3 is 0 Å². The maximum atomic E-state index is 9.21. The molecule has 0 aromatic heterocycles. The van der Waals surface area contributed by atoms with E-state index in [-0.39, 0.29) is 4.75 Å². The van der Waals surface area contributed by atoms with E-state index < -0.39 is 0 Å². The largest absolute Gasteiger partial charge is 0.197 e. The van der Waals surface area contributed by atoms with Crippen molar-refractivity contribution in [3.05, 3.63) is 35.9 Å². The minimum atomic E-state index is -0.138. The van der Waals surface area contributed by atoms with Gasteiger partial charge in [0.15, 0.2) is 0 Å². The highest BCUT2D eigenvalue weighted by Crippen LogP contribution is 2.40. The molecule has 2 heteroatoms. The monoisotopic (exact) mass is 203 g/mol. The van der Waals surface area contributed by atoms with Crippen LogP contribution in [0.25, 0.3) is 0 Å². The fourth-order valence-electron chi connectivity index (χ4n) is 1.89. The van der Waals surface area contributed by atoms with Gasteiger partial charge in [0.1, 0.15) is 4.75 Å². The summed E-state index contributed by atoms with van der Waals surface area (Å²) in [6.45, 7) is 0. The van der Waals surface area contributed by atoms with Crippen molar-refractivity contribution in [2.75, 3.05) is 5.75 Å². The van der Waals surface area contributed by atoms with E-state index in [1.165, 1.54) is 12.0 Å². The number of rotatable bonds is 2. The third kappa shape index (κ3) is 1.93. The van der Waals surface area contributed by atoms with E-state index >= 15 is 0 Å². The van der Waals surface area contributed by atoms with Crippen molar-refractivity contribution in [2.24, 2.45) is 0 Å². The Morgan fingerprint density at radius 3 is 2.71 bits per heavy atom. The molecule has 1 fully saturated rings. The van der Waals surface area contributed by atoms with Crippen molar-refractivity contribution in [3.63, 3.8) is 0 Å². The Balaban J connectivity index is 2.13. The maximum Gasteiger partial charge on any atom is 0.106 e. The molecular weight excluding hydrogens is 190 g/mol. The van der Waals surface area contributed by atoms with Crippen LogP contribution in [0, 0.1) is 11.3 Å². The first-order valence-corrected chi connectivity index (χ1v) is 5.92. The molecule has 1 heterocycles. The van der Waals surface area contributed by atoms with Crippen LogP contribution in [0.2, 0.25) is 0 Å². The zero-order valence-corrected chi connectivity index (χ0v) is 8.89. The first-order chi connectivity index (χ1) is 6.85. The van der Waals surface area contributed by atoms with Crippen LogP contribution >= 0.6 is 11.8 Å². The second kappa shape index (κ2) is 4.06. The van der Waals surface area contributed by atoms with Gasteiger partial charge in [-0.2, -0.15) is 5.26 Å². The van der Waals surface area contributed by atoms with E-state index in [0.717, 1.165) is 18.6 Å². The van der Waals surface area contributed by atoms with E-state index in [4.69, 9.17) is 0 Å². The summed E-state index contributed by atoms with van der Waals surface area (Å²) in [6.07, 6.45) is 3.13. The Kier molecular flexibility index (Phi) is 2.79. The molecule has 2 rings (SSSR count). The van der Waals surface area contributed by atoms with Crippen LogP contribution in [0.4, 0.5) is 0 Å². The third-order valence-corrected chi connectivity index (χ3v) is 4.12. The highest BCUT2D eigenvalue weighted by atomic mass is 32.2. The molecule has 0 radical (unpaired) electrons. The van der Waals surface area contributed by atoms with Crippen molar-refractivity contribution in [2.45, 2.75) is 24.0 Å². The van der Waals surface area contributed by atoms with Crippen LogP contribution < -0.4 is 0 Å². The quantitative estimate of drug-likeness (QED) is 0.737. The van der Waals surface area contributed by atoms with Gasteiger partial charge in [-0.05, 0) is 24.2 Å². The number of benzene rings is 1. The van der Waals surface area contributed by atoms with Crippen molar-refractivity contribution >= 4 is 11.8 Å². The first-order valence-electron chi connectivity index (χ1n) is 4.94. The van der Waals surface area contributed by atoms with Crippen LogP contribution in [0.1, 0.15) is 18.4 Å². The average molecular weight is 203 g/mol. The van der Waals surface area contributed by atoms with E-state index in [0.29, 0.717) is 0 Å². The second-order valence-corrected chi connectivity index (χ2v) is 5.20. The Morgan fingerprint density at radius 1 is 1.36 bits per heavy atom. The molecular formula is C12H13NS.